The van der Waals surface area contributed by atoms with Crippen molar-refractivity contribution >= 4 is 11.7 Å². The van der Waals surface area contributed by atoms with Gasteiger partial charge in [-0.15, -0.1) is 0 Å². The van der Waals surface area contributed by atoms with Gasteiger partial charge in [0.1, 0.15) is 6.10 Å². The summed E-state index contributed by atoms with van der Waals surface area (Å²) in [5.41, 5.74) is 1.90. The third-order valence-electron chi connectivity index (χ3n) is 7.86. The lowest BCUT2D eigenvalue weighted by Gasteiger charge is -2.33. The third kappa shape index (κ3) is 4.51. The lowest BCUT2D eigenvalue weighted by Crippen LogP contribution is -2.45. The van der Waals surface area contributed by atoms with Crippen molar-refractivity contribution < 1.29 is 18.8 Å². The second-order valence-corrected chi connectivity index (χ2v) is 9.84. The molecule has 0 N–H and O–H groups in total. The van der Waals surface area contributed by atoms with Crippen LogP contribution in [0.2, 0.25) is 0 Å². The minimum absolute atomic E-state index is 0.0968. The molecule has 186 valence electrons. The molecule has 6 nitrogen and oxygen atoms in total. The Hall–Kier alpha value is -3.58. The highest BCUT2D eigenvalue weighted by Crippen LogP contribution is 2.68. The lowest BCUT2D eigenvalue weighted by molar-refractivity contribution is -0.384. The SMILES string of the molecule is CC[C@@]12C[C@@H]1[C@@H](N(Cc1ccccc1)Cc1ccccc1)[C@@H](F)[C@@H]2OC(=O)c1ccc([N+](=O)[O-])cc1. The summed E-state index contributed by atoms with van der Waals surface area (Å²) >= 11 is 0. The van der Waals surface area contributed by atoms with Gasteiger partial charge in [0.15, 0.2) is 6.17 Å². The summed E-state index contributed by atoms with van der Waals surface area (Å²) < 4.78 is 22.1. The third-order valence-corrected chi connectivity index (χ3v) is 7.86. The molecular weight excluding hydrogens is 459 g/mol. The molecule has 0 spiro atoms. The first-order chi connectivity index (χ1) is 17.4. The Kier molecular flexibility index (Phi) is 6.58. The van der Waals surface area contributed by atoms with Gasteiger partial charge < -0.3 is 4.74 Å². The molecule has 3 aromatic carbocycles. The van der Waals surface area contributed by atoms with Crippen molar-refractivity contribution in [3.63, 3.8) is 0 Å². The molecule has 0 amide bonds. The molecule has 0 saturated heterocycles. The summed E-state index contributed by atoms with van der Waals surface area (Å²) in [6.45, 7) is 3.22. The number of carbonyl (C=O) groups excluding carboxylic acids is 1. The molecule has 3 aromatic rings. The van der Waals surface area contributed by atoms with Gasteiger partial charge in [-0.1, -0.05) is 67.6 Å². The minimum atomic E-state index is -1.34. The number of nitrogens with zero attached hydrogens (tertiary/aromatic N) is 2. The number of ether oxygens (including phenoxy) is 1. The van der Waals surface area contributed by atoms with Crippen molar-refractivity contribution in [2.75, 3.05) is 0 Å². The van der Waals surface area contributed by atoms with Gasteiger partial charge in [0, 0.05) is 36.7 Å². The van der Waals surface area contributed by atoms with Crippen molar-refractivity contribution in [1.82, 2.24) is 4.90 Å². The quantitative estimate of drug-likeness (QED) is 0.211. The van der Waals surface area contributed by atoms with Crippen LogP contribution in [0.25, 0.3) is 0 Å². The molecular formula is C29H29FN2O4. The number of carbonyl (C=O) groups is 1. The van der Waals surface area contributed by atoms with Crippen molar-refractivity contribution in [1.29, 1.82) is 0 Å². The van der Waals surface area contributed by atoms with Crippen LogP contribution in [-0.4, -0.2) is 34.1 Å². The van der Waals surface area contributed by atoms with E-state index in [1.54, 1.807) is 0 Å². The number of benzene rings is 3. The number of esters is 1. The summed E-state index contributed by atoms with van der Waals surface area (Å²) in [7, 11) is 0. The van der Waals surface area contributed by atoms with Gasteiger partial charge in [0.25, 0.3) is 5.69 Å². The largest absolute Gasteiger partial charge is 0.455 e. The van der Waals surface area contributed by atoms with E-state index in [0.29, 0.717) is 13.1 Å². The van der Waals surface area contributed by atoms with Gasteiger partial charge in [0.05, 0.1) is 10.5 Å². The van der Waals surface area contributed by atoms with E-state index in [9.17, 15) is 14.9 Å². The van der Waals surface area contributed by atoms with Crippen LogP contribution >= 0.6 is 0 Å². The number of hydrogen-bond donors (Lipinski definition) is 0. The fourth-order valence-corrected chi connectivity index (χ4v) is 5.91. The first-order valence-corrected chi connectivity index (χ1v) is 12.3. The molecule has 0 aromatic heterocycles. The molecule has 7 heteroatoms. The number of rotatable bonds is 9. The summed E-state index contributed by atoms with van der Waals surface area (Å²) in [5.74, 6) is -0.547. The zero-order valence-corrected chi connectivity index (χ0v) is 20.1. The van der Waals surface area contributed by atoms with E-state index >= 15 is 4.39 Å². The van der Waals surface area contributed by atoms with Crippen LogP contribution in [0.3, 0.4) is 0 Å². The molecule has 0 bridgehead atoms. The van der Waals surface area contributed by atoms with Crippen LogP contribution in [-0.2, 0) is 17.8 Å². The number of nitro groups is 1. The van der Waals surface area contributed by atoms with Crippen LogP contribution in [0.5, 0.6) is 0 Å². The van der Waals surface area contributed by atoms with E-state index in [1.807, 2.05) is 67.6 Å². The van der Waals surface area contributed by atoms with E-state index < -0.39 is 23.2 Å². The number of alkyl halides is 1. The second kappa shape index (κ2) is 9.82. The number of halogens is 1. The summed E-state index contributed by atoms with van der Waals surface area (Å²) in [6, 6.07) is 24.9. The van der Waals surface area contributed by atoms with Crippen LogP contribution in [0.15, 0.2) is 84.9 Å². The zero-order chi connectivity index (χ0) is 25.3. The number of nitro benzene ring substituents is 1. The Labute approximate surface area is 209 Å². The van der Waals surface area contributed by atoms with Gasteiger partial charge in [0.2, 0.25) is 0 Å². The maximum Gasteiger partial charge on any atom is 0.338 e. The van der Waals surface area contributed by atoms with Crippen molar-refractivity contribution in [2.24, 2.45) is 11.3 Å². The molecule has 2 aliphatic carbocycles. The molecule has 5 rings (SSSR count). The molecule has 2 fully saturated rings. The first kappa shape index (κ1) is 24.1. The molecule has 2 saturated carbocycles. The molecule has 0 heterocycles. The van der Waals surface area contributed by atoms with Crippen LogP contribution in [0.4, 0.5) is 10.1 Å². The van der Waals surface area contributed by atoms with E-state index in [1.165, 1.54) is 24.3 Å². The topological polar surface area (TPSA) is 72.7 Å². The van der Waals surface area contributed by atoms with E-state index in [2.05, 4.69) is 4.90 Å². The van der Waals surface area contributed by atoms with Crippen LogP contribution in [0, 0.1) is 21.4 Å². The average Bonchev–Trinajstić information content (AvgIpc) is 3.57. The molecule has 36 heavy (non-hydrogen) atoms. The molecule has 0 unspecified atom stereocenters. The Morgan fingerprint density at radius 1 is 1.00 bits per heavy atom. The minimum Gasteiger partial charge on any atom is -0.455 e. The molecule has 0 radical (unpaired) electrons. The maximum atomic E-state index is 16.3. The molecule has 5 atom stereocenters. The smallest absolute Gasteiger partial charge is 0.338 e. The molecule has 0 aliphatic heterocycles. The standard InChI is InChI=1S/C29H29FN2O4/c1-2-29-17-24(29)26(25(30)27(29)36-28(33)22-13-15-23(16-14-22)32(34)35)31(18-20-9-5-3-6-10-20)19-21-11-7-4-8-12-21/h3-16,24-27H,2,17-19H2,1H3/t24-,25-,26-,27+,29-/m1/s1. The van der Waals surface area contributed by atoms with E-state index in [0.717, 1.165) is 24.0 Å². The van der Waals surface area contributed by atoms with Gasteiger partial charge >= 0.3 is 5.97 Å². The summed E-state index contributed by atoms with van der Waals surface area (Å²) in [4.78, 5) is 25.5. The number of non-ortho nitro benzene ring substituents is 1. The Bertz CT molecular complexity index is 1180. The van der Waals surface area contributed by atoms with Gasteiger partial charge in [-0.2, -0.15) is 0 Å². The van der Waals surface area contributed by atoms with Crippen LogP contribution < -0.4 is 0 Å². The monoisotopic (exact) mass is 488 g/mol. The van der Waals surface area contributed by atoms with Crippen LogP contribution in [0.1, 0.15) is 41.3 Å². The van der Waals surface area contributed by atoms with Crippen molar-refractivity contribution in [3.05, 3.63) is 112 Å². The maximum absolute atomic E-state index is 16.3. The summed E-state index contributed by atoms with van der Waals surface area (Å²) in [6.07, 6.45) is -0.656. The Morgan fingerprint density at radius 2 is 1.56 bits per heavy atom. The Morgan fingerprint density at radius 3 is 2.06 bits per heavy atom. The predicted octanol–water partition coefficient (Wildman–Crippen LogP) is 5.96. The highest BCUT2D eigenvalue weighted by atomic mass is 19.1. The first-order valence-electron chi connectivity index (χ1n) is 12.3. The zero-order valence-electron chi connectivity index (χ0n) is 20.1. The fraction of sp³-hybridized carbons (Fsp3) is 0.345. The fourth-order valence-electron chi connectivity index (χ4n) is 5.91. The second-order valence-electron chi connectivity index (χ2n) is 9.84. The lowest BCUT2D eigenvalue weighted by atomic mass is 9.96. The van der Waals surface area contributed by atoms with Crippen molar-refractivity contribution in [3.8, 4) is 0 Å². The average molecular weight is 489 g/mol. The predicted molar refractivity (Wildman–Crippen MR) is 134 cm³/mol. The van der Waals surface area contributed by atoms with Crippen molar-refractivity contribution in [2.45, 2.75) is 51.2 Å². The van der Waals surface area contributed by atoms with Gasteiger partial charge in [-0.3, -0.25) is 15.0 Å². The Balaban J connectivity index is 1.39. The van der Waals surface area contributed by atoms with Gasteiger partial charge in [-0.25, -0.2) is 9.18 Å². The number of hydrogen-bond acceptors (Lipinski definition) is 5. The highest BCUT2D eigenvalue weighted by Gasteiger charge is 2.73. The van der Waals surface area contributed by atoms with Gasteiger partial charge in [-0.05, 0) is 42.0 Å². The van der Waals surface area contributed by atoms with E-state index in [4.69, 9.17) is 4.74 Å². The summed E-state index contributed by atoms with van der Waals surface area (Å²) in [5, 5.41) is 10.9. The number of fused-ring (bicyclic) bond motifs is 1. The molecule has 2 aliphatic rings. The van der Waals surface area contributed by atoms with E-state index in [-0.39, 0.29) is 28.6 Å². The normalized spacial score (nSPS) is 26.4. The highest BCUT2D eigenvalue weighted by molar-refractivity contribution is 5.89.